The first-order valence-electron chi connectivity index (χ1n) is 8.02. The summed E-state index contributed by atoms with van der Waals surface area (Å²) in [6.07, 6.45) is 6.57. The molecule has 0 heterocycles. The number of phenolic OH excluding ortho intramolecular Hbond substituents is 1. The molecule has 1 aromatic rings. The Morgan fingerprint density at radius 3 is 2.52 bits per heavy atom. The lowest BCUT2D eigenvalue weighted by Gasteiger charge is -2.23. The average Bonchev–Trinajstić information content (AvgIpc) is 2.56. The Balaban J connectivity index is 2.17. The van der Waals surface area contributed by atoms with E-state index in [1.165, 1.54) is 39.5 Å². The molecule has 1 fully saturated rings. The minimum atomic E-state index is -1.06. The number of carboxylic acid groups (broad SMARTS) is 1. The van der Waals surface area contributed by atoms with Crippen molar-refractivity contribution < 1.29 is 24.5 Å². The Morgan fingerprint density at radius 1 is 1.26 bits per heavy atom. The molecule has 6 nitrogen and oxygen atoms in total. The van der Waals surface area contributed by atoms with Crippen molar-refractivity contribution in [2.24, 2.45) is 0 Å². The number of hydrogen-bond acceptors (Lipinski definition) is 5. The molecule has 0 amide bonds. The predicted molar refractivity (Wildman–Crippen MR) is 86.7 cm³/mol. The Labute approximate surface area is 136 Å². The second-order valence-electron chi connectivity index (χ2n) is 5.83. The number of aromatic hydroxyl groups is 1. The fourth-order valence-electron chi connectivity index (χ4n) is 3.19. The number of aromatic carboxylic acids is 1. The highest BCUT2D eigenvalue weighted by Crippen LogP contribution is 2.41. The monoisotopic (exact) mass is 323 g/mol. The van der Waals surface area contributed by atoms with Crippen molar-refractivity contribution in [3.8, 4) is 17.2 Å². The zero-order valence-corrected chi connectivity index (χ0v) is 13.7. The van der Waals surface area contributed by atoms with Crippen molar-refractivity contribution in [2.75, 3.05) is 20.8 Å². The summed E-state index contributed by atoms with van der Waals surface area (Å²) >= 11 is 0. The van der Waals surface area contributed by atoms with E-state index < -0.39 is 5.97 Å². The van der Waals surface area contributed by atoms with E-state index in [-0.39, 0.29) is 22.8 Å². The third kappa shape index (κ3) is 4.07. The van der Waals surface area contributed by atoms with Crippen molar-refractivity contribution >= 4 is 5.97 Å². The number of benzene rings is 1. The standard InChI is InChI=1S/C17H25NO5/c1-22-14-10-13(17(20)21)12(16(23-2)15(14)19)8-9-18-11-6-4-3-5-7-11/h10-11,18-19H,3-9H2,1-2H3,(H,20,21). The fraction of sp³-hybridized carbons (Fsp3) is 0.588. The Bertz CT molecular complexity index is 552. The molecule has 3 N–H and O–H groups in total. The maximum absolute atomic E-state index is 11.5. The van der Waals surface area contributed by atoms with Crippen LogP contribution < -0.4 is 14.8 Å². The van der Waals surface area contributed by atoms with Crippen LogP contribution in [-0.4, -0.2) is 43.0 Å². The normalized spacial score (nSPS) is 15.4. The van der Waals surface area contributed by atoms with Crippen LogP contribution >= 0.6 is 0 Å². The summed E-state index contributed by atoms with van der Waals surface area (Å²) in [5.74, 6) is -0.947. The van der Waals surface area contributed by atoms with Crippen LogP contribution in [0, 0.1) is 0 Å². The van der Waals surface area contributed by atoms with Crippen molar-refractivity contribution in [1.29, 1.82) is 0 Å². The van der Waals surface area contributed by atoms with Crippen molar-refractivity contribution in [3.63, 3.8) is 0 Å². The summed E-state index contributed by atoms with van der Waals surface area (Å²) in [5, 5.41) is 23.1. The largest absolute Gasteiger partial charge is 0.502 e. The molecule has 0 aromatic heterocycles. The van der Waals surface area contributed by atoms with Crippen molar-refractivity contribution in [1.82, 2.24) is 5.32 Å². The number of hydrogen-bond donors (Lipinski definition) is 3. The first kappa shape index (κ1) is 17.4. The molecule has 1 aliphatic rings. The molecule has 0 aliphatic heterocycles. The molecule has 0 bridgehead atoms. The van der Waals surface area contributed by atoms with E-state index in [0.717, 1.165) is 12.8 Å². The molecule has 0 unspecified atom stereocenters. The van der Waals surface area contributed by atoms with Gasteiger partial charge in [0.1, 0.15) is 0 Å². The Kier molecular flexibility index (Phi) is 6.10. The third-order valence-corrected chi connectivity index (χ3v) is 4.39. The molecule has 0 spiro atoms. The highest BCUT2D eigenvalue weighted by Gasteiger charge is 2.23. The second kappa shape index (κ2) is 8.06. The van der Waals surface area contributed by atoms with E-state index in [9.17, 15) is 15.0 Å². The van der Waals surface area contributed by atoms with Gasteiger partial charge in [-0.3, -0.25) is 0 Å². The molecule has 128 valence electrons. The first-order chi connectivity index (χ1) is 11.1. The maximum atomic E-state index is 11.5. The van der Waals surface area contributed by atoms with Crippen LogP contribution in [0.1, 0.15) is 48.0 Å². The summed E-state index contributed by atoms with van der Waals surface area (Å²) < 4.78 is 10.3. The second-order valence-corrected chi connectivity index (χ2v) is 5.83. The van der Waals surface area contributed by atoms with E-state index in [0.29, 0.717) is 24.6 Å². The van der Waals surface area contributed by atoms with Gasteiger partial charge in [0, 0.05) is 11.6 Å². The Hall–Kier alpha value is -1.95. The molecule has 0 saturated heterocycles. The fourth-order valence-corrected chi connectivity index (χ4v) is 3.19. The van der Waals surface area contributed by atoms with Crippen LogP contribution in [0.4, 0.5) is 0 Å². The van der Waals surface area contributed by atoms with Gasteiger partial charge in [0.25, 0.3) is 0 Å². The van der Waals surface area contributed by atoms with Gasteiger partial charge >= 0.3 is 5.97 Å². The Morgan fingerprint density at radius 2 is 1.96 bits per heavy atom. The van der Waals surface area contributed by atoms with E-state index in [1.807, 2.05) is 0 Å². The minimum absolute atomic E-state index is 0.0990. The molecular weight excluding hydrogens is 298 g/mol. The van der Waals surface area contributed by atoms with Crippen LogP contribution in [-0.2, 0) is 6.42 Å². The molecule has 1 saturated carbocycles. The molecule has 0 atom stereocenters. The zero-order valence-electron chi connectivity index (χ0n) is 13.7. The first-order valence-corrected chi connectivity index (χ1v) is 8.02. The number of ether oxygens (including phenoxy) is 2. The maximum Gasteiger partial charge on any atom is 0.336 e. The van der Waals surface area contributed by atoms with Gasteiger partial charge in [-0.25, -0.2) is 4.79 Å². The van der Waals surface area contributed by atoms with Gasteiger partial charge in [0.05, 0.1) is 19.8 Å². The van der Waals surface area contributed by atoms with Crippen LogP contribution in [0.3, 0.4) is 0 Å². The average molecular weight is 323 g/mol. The smallest absolute Gasteiger partial charge is 0.336 e. The molecular formula is C17H25NO5. The van der Waals surface area contributed by atoms with Crippen LogP contribution in [0.5, 0.6) is 17.2 Å². The van der Waals surface area contributed by atoms with Gasteiger partial charge < -0.3 is 25.0 Å². The zero-order chi connectivity index (χ0) is 16.8. The summed E-state index contributed by atoms with van der Waals surface area (Å²) in [4.78, 5) is 11.5. The quantitative estimate of drug-likeness (QED) is 0.715. The van der Waals surface area contributed by atoms with Crippen molar-refractivity contribution in [3.05, 3.63) is 17.2 Å². The lowest BCUT2D eigenvalue weighted by Crippen LogP contribution is -2.32. The highest BCUT2D eigenvalue weighted by atomic mass is 16.5. The predicted octanol–water partition coefficient (Wildman–Crippen LogP) is 2.57. The van der Waals surface area contributed by atoms with Gasteiger partial charge in [-0.2, -0.15) is 0 Å². The van der Waals surface area contributed by atoms with Gasteiger partial charge in [0.15, 0.2) is 11.5 Å². The lowest BCUT2D eigenvalue weighted by atomic mass is 9.95. The van der Waals surface area contributed by atoms with Gasteiger partial charge in [-0.15, -0.1) is 0 Å². The molecule has 1 aromatic carbocycles. The molecule has 1 aliphatic carbocycles. The summed E-state index contributed by atoms with van der Waals surface area (Å²) in [6, 6.07) is 1.84. The minimum Gasteiger partial charge on any atom is -0.502 e. The number of nitrogens with one attached hydrogen (secondary N) is 1. The van der Waals surface area contributed by atoms with Crippen LogP contribution in [0.15, 0.2) is 6.07 Å². The highest BCUT2D eigenvalue weighted by molar-refractivity contribution is 5.92. The van der Waals surface area contributed by atoms with E-state index in [4.69, 9.17) is 9.47 Å². The van der Waals surface area contributed by atoms with E-state index in [1.54, 1.807) is 0 Å². The number of carbonyl (C=O) groups is 1. The lowest BCUT2D eigenvalue weighted by molar-refractivity contribution is 0.0694. The SMILES string of the molecule is COc1cc(C(=O)O)c(CCNC2CCCCC2)c(OC)c1O. The molecule has 0 radical (unpaired) electrons. The number of phenols is 1. The molecule has 23 heavy (non-hydrogen) atoms. The summed E-state index contributed by atoms with van der Waals surface area (Å²) in [5.41, 5.74) is 0.587. The van der Waals surface area contributed by atoms with Crippen molar-refractivity contribution in [2.45, 2.75) is 44.6 Å². The van der Waals surface area contributed by atoms with Crippen LogP contribution in [0.25, 0.3) is 0 Å². The summed E-state index contributed by atoms with van der Waals surface area (Å²) in [7, 11) is 2.79. The van der Waals surface area contributed by atoms with E-state index >= 15 is 0 Å². The third-order valence-electron chi connectivity index (χ3n) is 4.39. The van der Waals surface area contributed by atoms with Crippen LogP contribution in [0.2, 0.25) is 0 Å². The number of methoxy groups -OCH3 is 2. The van der Waals surface area contributed by atoms with E-state index in [2.05, 4.69) is 5.32 Å². The molecule has 2 rings (SSSR count). The van der Waals surface area contributed by atoms with Gasteiger partial charge in [-0.05, 0) is 31.9 Å². The number of carboxylic acids is 1. The molecule has 6 heteroatoms. The van der Waals surface area contributed by atoms with Gasteiger partial charge in [-0.1, -0.05) is 19.3 Å². The topological polar surface area (TPSA) is 88.0 Å². The number of rotatable bonds is 7. The van der Waals surface area contributed by atoms with Gasteiger partial charge in [0.2, 0.25) is 5.75 Å². The summed E-state index contributed by atoms with van der Waals surface area (Å²) in [6.45, 7) is 0.646.